The van der Waals surface area contributed by atoms with E-state index in [9.17, 15) is 114 Å². The SMILES string of the molecule is Nc1ccc(N=Nc2ccc3cc(S(=O)(=O)O)cc(S(=O)(=O)O)c3c2)c2cc(S(=O)(=O)O)c(N=Nc3ccc(/C=C/c4ccc(N=Nc5c(S(=O)(=O)O)cc6c(N=Nc7ccc8cc(S(=O)(=O)O)cc(S(=O)(=O)O)c8c7)ccc(N)c6c5O)cc4S(=O)(=O)O)c(S(=O)(=O)O)c3)c(O)c12. The molecule has 10 aromatic rings. The molecule has 44 heteroatoms. The van der Waals surface area contributed by atoms with Crippen LogP contribution in [0.4, 0.5) is 56.9 Å². The van der Waals surface area contributed by atoms with E-state index in [1.54, 1.807) is 0 Å². The van der Waals surface area contributed by atoms with Crippen LogP contribution >= 0.6 is 0 Å². The summed E-state index contributed by atoms with van der Waals surface area (Å²) in [6, 6.07) is 21.0. The molecule has 0 saturated carbocycles. The fourth-order valence-electron chi connectivity index (χ4n) is 9.63. The van der Waals surface area contributed by atoms with Crippen LogP contribution in [-0.4, -0.2) is 114 Å². The Morgan fingerprint density at radius 3 is 0.908 bits per heavy atom. The number of nitrogen functional groups attached to an aromatic ring is 2. The number of nitrogens with two attached hydrogens (primary N) is 2. The average molecular weight is 1500 g/mol. The Labute approximate surface area is 551 Å². The van der Waals surface area contributed by atoms with Gasteiger partial charge in [-0.1, -0.05) is 36.4 Å². The van der Waals surface area contributed by atoms with E-state index < -0.39 is 165 Å². The highest BCUT2D eigenvalue weighted by Gasteiger charge is 2.29. The predicted molar refractivity (Wildman–Crippen MR) is 345 cm³/mol. The van der Waals surface area contributed by atoms with Gasteiger partial charge in [-0.05, 0) is 131 Å². The number of phenolic OH excluding ortho intramolecular Hbond substituents is 2. The summed E-state index contributed by atoms with van der Waals surface area (Å²) in [5.74, 6) is -2.15. The Kier molecular flexibility index (Phi) is 18.1. The number of rotatable bonds is 18. The van der Waals surface area contributed by atoms with Crippen LogP contribution < -0.4 is 11.5 Å². The van der Waals surface area contributed by atoms with E-state index in [2.05, 4.69) is 40.9 Å². The summed E-state index contributed by atoms with van der Waals surface area (Å²) in [7, 11) is -41.6. The summed E-state index contributed by atoms with van der Waals surface area (Å²) in [5, 5.41) is 51.9. The van der Waals surface area contributed by atoms with Gasteiger partial charge in [0.25, 0.3) is 80.9 Å². The second-order valence-corrected chi connectivity index (χ2v) is 31.6. The van der Waals surface area contributed by atoms with Gasteiger partial charge in [-0.2, -0.15) is 87.8 Å². The third kappa shape index (κ3) is 14.7. The molecule has 0 spiro atoms. The van der Waals surface area contributed by atoms with E-state index in [0.717, 1.165) is 97.1 Å². The summed E-state index contributed by atoms with van der Waals surface area (Å²) in [6.07, 6.45) is 1.82. The molecule has 0 aliphatic rings. The van der Waals surface area contributed by atoms with Crippen molar-refractivity contribution in [2.45, 2.75) is 39.2 Å². The zero-order valence-electron chi connectivity index (χ0n) is 47.9. The van der Waals surface area contributed by atoms with Gasteiger partial charge in [0.05, 0.1) is 54.7 Å². The van der Waals surface area contributed by atoms with Gasteiger partial charge < -0.3 is 21.7 Å². The Morgan fingerprint density at radius 1 is 0.286 bits per heavy atom. The molecule has 14 N–H and O–H groups in total. The van der Waals surface area contributed by atoms with Crippen molar-refractivity contribution in [3.05, 3.63) is 145 Å². The van der Waals surface area contributed by atoms with Crippen molar-refractivity contribution in [1.29, 1.82) is 0 Å². The highest BCUT2D eigenvalue weighted by atomic mass is 32.2. The number of phenols is 2. The van der Waals surface area contributed by atoms with Gasteiger partial charge in [-0.25, -0.2) is 0 Å². The Balaban J connectivity index is 0.954. The smallest absolute Gasteiger partial charge is 0.296 e. The van der Waals surface area contributed by atoms with Crippen molar-refractivity contribution in [2.24, 2.45) is 40.9 Å². The van der Waals surface area contributed by atoms with Crippen LogP contribution in [0.1, 0.15) is 11.1 Å². The lowest BCUT2D eigenvalue weighted by atomic mass is 10.0. The lowest BCUT2D eigenvalue weighted by Gasteiger charge is -2.12. The Hall–Kier alpha value is -10.1. The van der Waals surface area contributed by atoms with Gasteiger partial charge >= 0.3 is 0 Å². The first-order chi connectivity index (χ1) is 45.3. The molecule has 0 heterocycles. The van der Waals surface area contributed by atoms with Crippen LogP contribution in [0.2, 0.25) is 0 Å². The Morgan fingerprint density at radius 2 is 0.592 bits per heavy atom. The second kappa shape index (κ2) is 25.1. The molecule has 98 heavy (non-hydrogen) atoms. The number of aromatic hydroxyl groups is 2. The fraction of sp³-hybridized carbons (Fsp3) is 0. The predicted octanol–water partition coefficient (Wildman–Crippen LogP) is 10.7. The minimum atomic E-state index is -5.41. The average Bonchev–Trinajstić information content (AvgIpc) is 0.741. The van der Waals surface area contributed by atoms with Crippen molar-refractivity contribution in [3.8, 4) is 11.5 Å². The lowest BCUT2D eigenvalue weighted by Crippen LogP contribution is -2.04. The zero-order chi connectivity index (χ0) is 71.9. The van der Waals surface area contributed by atoms with Gasteiger partial charge in [0.1, 0.15) is 40.7 Å². The number of hydrogen-bond donors (Lipinski definition) is 12. The molecule has 0 fully saturated rings. The molecule has 0 unspecified atom stereocenters. The van der Waals surface area contributed by atoms with Crippen LogP contribution in [0, 0.1) is 0 Å². The first-order valence-electron chi connectivity index (χ1n) is 26.0. The lowest BCUT2D eigenvalue weighted by molar-refractivity contribution is 0.472. The highest BCUT2D eigenvalue weighted by Crippen LogP contribution is 2.49. The number of benzene rings is 10. The van der Waals surface area contributed by atoms with Gasteiger partial charge in [0.15, 0.2) is 11.5 Å². The Bertz CT molecular complexity index is 5970. The number of anilines is 2. The quantitative estimate of drug-likeness (QED) is 0.0164. The van der Waals surface area contributed by atoms with Crippen LogP contribution in [-0.2, 0) is 80.9 Å². The van der Waals surface area contributed by atoms with E-state index in [4.69, 9.17) is 11.5 Å². The number of azo groups is 4. The minimum Gasteiger partial charge on any atom is -0.505 e. The standard InChI is InChI=1S/C54H38N10O26S8/c55-39-11-13-41(61-57-29-9-5-27-15-33(91(67,68)69)21-45(35(27)17-29)95(79,80)81)37-23-47(97(85,86)87)51(53(65)49(37)39)63-59-31-7-3-25(43(19-31)93(73,74)75)1-2-26-4-8-32(20-44(26)94(76,77)78)60-64-52-48(98(88,89)90)24-38-42(14-12-40(56)50(38)54(52)66)62-58-30-10-6-28-16-34(92(70,71)72)22-46(36(28)18-30)96(82,83)84/h1-24,65-66H,55-56H2,(H,67,68,69)(H,70,71,72)(H,73,74,75)(H,76,77,78)(H,79,80,81)(H,82,83,84)(H,85,86,87)(H,88,89,90)/b2-1+,61-57?,62-58?,63-59?,64-60?. The zero-order valence-corrected chi connectivity index (χ0v) is 54.4. The molecule has 10 rings (SSSR count). The van der Waals surface area contributed by atoms with E-state index in [1.165, 1.54) is 24.3 Å². The number of nitrogens with zero attached hydrogens (tertiary/aromatic N) is 8. The summed E-state index contributed by atoms with van der Waals surface area (Å²) in [5.41, 5.74) is 7.05. The molecular formula is C54H38N10O26S8. The first kappa shape index (κ1) is 70.7. The van der Waals surface area contributed by atoms with Crippen molar-refractivity contribution in [2.75, 3.05) is 11.5 Å². The molecule has 0 amide bonds. The molecule has 0 radical (unpaired) electrons. The molecular weight excluding hydrogens is 1460 g/mol. The molecule has 10 aromatic carbocycles. The van der Waals surface area contributed by atoms with Crippen LogP contribution in [0.5, 0.6) is 11.5 Å². The van der Waals surface area contributed by atoms with Crippen LogP contribution in [0.3, 0.4) is 0 Å². The molecule has 0 bridgehead atoms. The summed E-state index contributed by atoms with van der Waals surface area (Å²) >= 11 is 0. The largest absolute Gasteiger partial charge is 0.505 e. The van der Waals surface area contributed by atoms with Crippen LogP contribution in [0.15, 0.2) is 214 Å². The van der Waals surface area contributed by atoms with Crippen LogP contribution in [0.25, 0.3) is 55.2 Å². The monoisotopic (exact) mass is 1500 g/mol. The van der Waals surface area contributed by atoms with E-state index in [0.29, 0.717) is 24.3 Å². The molecule has 0 aliphatic carbocycles. The summed E-state index contributed by atoms with van der Waals surface area (Å²) in [6.45, 7) is 0. The maximum absolute atomic E-state index is 12.9. The molecule has 36 nitrogen and oxygen atoms in total. The maximum atomic E-state index is 12.9. The maximum Gasteiger partial charge on any atom is 0.296 e. The van der Waals surface area contributed by atoms with E-state index in [-0.39, 0.29) is 77.2 Å². The van der Waals surface area contributed by atoms with Crippen molar-refractivity contribution < 1.29 is 114 Å². The molecule has 0 saturated heterocycles. The topological polar surface area (TPSA) is 626 Å². The molecule has 0 aliphatic heterocycles. The summed E-state index contributed by atoms with van der Waals surface area (Å²) < 4.78 is 279. The third-order valence-electron chi connectivity index (χ3n) is 14.0. The number of fused-ring (bicyclic) bond motifs is 4. The van der Waals surface area contributed by atoms with E-state index >= 15 is 0 Å². The van der Waals surface area contributed by atoms with Gasteiger partial charge in [-0.15, -0.1) is 20.5 Å². The van der Waals surface area contributed by atoms with Gasteiger partial charge in [0.2, 0.25) is 0 Å². The summed E-state index contributed by atoms with van der Waals surface area (Å²) in [4.78, 5) is -7.91. The fourth-order valence-corrected chi connectivity index (χ4v) is 15.0. The third-order valence-corrected chi connectivity index (χ3v) is 21.0. The normalized spacial score (nSPS) is 13.5. The number of hydrogen-bond acceptors (Lipinski definition) is 28. The first-order valence-corrected chi connectivity index (χ1v) is 37.5. The molecule has 508 valence electrons. The van der Waals surface area contributed by atoms with E-state index in [1.807, 2.05) is 0 Å². The second-order valence-electron chi connectivity index (χ2n) is 20.4. The molecule has 0 atom stereocenters. The van der Waals surface area contributed by atoms with Gasteiger partial charge in [-0.3, -0.25) is 36.4 Å². The van der Waals surface area contributed by atoms with Crippen molar-refractivity contribution in [3.63, 3.8) is 0 Å². The minimum absolute atomic E-state index is 0.107. The highest BCUT2D eigenvalue weighted by molar-refractivity contribution is 7.88. The molecule has 0 aromatic heterocycles. The van der Waals surface area contributed by atoms with Crippen molar-refractivity contribution in [1.82, 2.24) is 0 Å². The van der Waals surface area contributed by atoms with Crippen molar-refractivity contribution >= 4 is 193 Å². The van der Waals surface area contributed by atoms with Gasteiger partial charge in [0, 0.05) is 32.9 Å².